The quantitative estimate of drug-likeness (QED) is 0.393. The Morgan fingerprint density at radius 3 is 2.12 bits per heavy atom. The maximum absolute atomic E-state index is 13.4. The Labute approximate surface area is 202 Å². The Hall–Kier alpha value is -2.73. The van der Waals surface area contributed by atoms with Gasteiger partial charge in [-0.15, -0.1) is 0 Å². The summed E-state index contributed by atoms with van der Waals surface area (Å²) in [6.07, 6.45) is 0.0383. The fourth-order valence-electron chi connectivity index (χ4n) is 3.05. The highest BCUT2D eigenvalue weighted by Gasteiger charge is 2.36. The number of amides is 3. The number of carbonyl (C=O) groups excluding carboxylic acids is 3. The minimum atomic E-state index is -1.09. The van der Waals surface area contributed by atoms with Crippen LogP contribution in [0, 0.1) is 11.3 Å². The van der Waals surface area contributed by atoms with E-state index in [1.165, 1.54) is 4.90 Å². The van der Waals surface area contributed by atoms with Gasteiger partial charge in [0.2, 0.25) is 11.8 Å². The van der Waals surface area contributed by atoms with Crippen LogP contribution < -0.4 is 10.6 Å². The zero-order valence-corrected chi connectivity index (χ0v) is 21.5. The van der Waals surface area contributed by atoms with E-state index in [0.717, 1.165) is 12.0 Å². The lowest BCUT2D eigenvalue weighted by molar-refractivity contribution is -0.141. The zero-order chi connectivity index (χ0) is 25.4. The van der Waals surface area contributed by atoms with Crippen LogP contribution in [0.3, 0.4) is 0 Å². The van der Waals surface area contributed by atoms with E-state index in [4.69, 9.17) is 4.74 Å². The number of aryl methyl sites for hydroxylation is 1. The molecule has 1 aromatic carbocycles. The van der Waals surface area contributed by atoms with Crippen molar-refractivity contribution in [3.05, 3.63) is 35.4 Å². The van der Waals surface area contributed by atoms with E-state index < -0.39 is 41.1 Å². The molecule has 0 saturated carbocycles. The van der Waals surface area contributed by atoms with Gasteiger partial charge < -0.3 is 20.3 Å². The van der Waals surface area contributed by atoms with Crippen LogP contribution in [0.25, 0.3) is 0 Å². The number of hydrogen-bond acceptors (Lipinski definition) is 6. The summed E-state index contributed by atoms with van der Waals surface area (Å²) in [5, 5.41) is 14.9. The molecule has 0 aromatic heterocycles. The Balaban J connectivity index is 3.37. The molecule has 0 aliphatic rings. The van der Waals surface area contributed by atoms with Gasteiger partial charge >= 0.3 is 6.09 Å². The summed E-state index contributed by atoms with van der Waals surface area (Å²) in [5.41, 5.74) is 0.327. The van der Waals surface area contributed by atoms with Crippen molar-refractivity contribution in [3.63, 3.8) is 0 Å². The first-order valence-corrected chi connectivity index (χ1v) is 11.5. The van der Waals surface area contributed by atoms with Gasteiger partial charge in [-0.1, -0.05) is 31.2 Å². The number of carbonyl (C=O) groups is 3. The fraction of sp³-hybridized carbons (Fsp3) is 0.583. The molecule has 0 bridgehead atoms. The number of alkyl carbamates (subject to hydrolysis) is 1. The normalized spacial score (nSPS) is 13.3. The second-order valence-corrected chi connectivity index (χ2v) is 10.1. The van der Waals surface area contributed by atoms with E-state index in [1.54, 1.807) is 32.9 Å². The maximum Gasteiger partial charge on any atom is 0.408 e. The van der Waals surface area contributed by atoms with Crippen LogP contribution in [0.5, 0.6) is 0 Å². The highest BCUT2D eigenvalue weighted by atomic mass is 32.1. The Morgan fingerprint density at radius 1 is 1.12 bits per heavy atom. The zero-order valence-electron chi connectivity index (χ0n) is 20.6. The van der Waals surface area contributed by atoms with Crippen LogP contribution in [0.1, 0.15) is 65.6 Å². The maximum atomic E-state index is 13.4. The lowest BCUT2D eigenvalue weighted by Crippen LogP contribution is -2.55. The summed E-state index contributed by atoms with van der Waals surface area (Å²) < 4.78 is 5.24. The smallest absolute Gasteiger partial charge is 0.408 e. The van der Waals surface area contributed by atoms with Crippen molar-refractivity contribution in [3.8, 4) is 6.07 Å². The third kappa shape index (κ3) is 9.34. The molecule has 0 radical (unpaired) electrons. The molecule has 8 nitrogen and oxygen atoms in total. The van der Waals surface area contributed by atoms with Crippen molar-refractivity contribution in [2.75, 3.05) is 12.3 Å². The van der Waals surface area contributed by atoms with Gasteiger partial charge in [0.05, 0.1) is 6.07 Å². The molecule has 0 spiro atoms. The summed E-state index contributed by atoms with van der Waals surface area (Å²) in [6.45, 7) is 12.3. The second kappa shape index (κ2) is 11.9. The van der Waals surface area contributed by atoms with Crippen molar-refractivity contribution in [2.45, 2.75) is 78.1 Å². The van der Waals surface area contributed by atoms with Crippen LogP contribution in [-0.4, -0.2) is 52.3 Å². The van der Waals surface area contributed by atoms with Crippen molar-refractivity contribution in [1.29, 1.82) is 5.26 Å². The number of nitriles is 1. The topological polar surface area (TPSA) is 112 Å². The van der Waals surface area contributed by atoms with Crippen LogP contribution in [-0.2, 0) is 20.7 Å². The largest absolute Gasteiger partial charge is 0.444 e. The summed E-state index contributed by atoms with van der Waals surface area (Å²) in [7, 11) is 0. The van der Waals surface area contributed by atoms with Crippen LogP contribution in [0.2, 0.25) is 0 Å². The Kier molecular flexibility index (Phi) is 10.2. The first-order valence-electron chi connectivity index (χ1n) is 10.9. The number of thiol groups is 1. The number of ether oxygens (including phenoxy) is 1. The van der Waals surface area contributed by atoms with Crippen molar-refractivity contribution in [1.82, 2.24) is 15.5 Å². The predicted molar refractivity (Wildman–Crippen MR) is 131 cm³/mol. The molecule has 0 aliphatic carbocycles. The van der Waals surface area contributed by atoms with Crippen molar-refractivity contribution in [2.24, 2.45) is 0 Å². The third-order valence-corrected chi connectivity index (χ3v) is 4.82. The van der Waals surface area contributed by atoms with E-state index in [9.17, 15) is 19.6 Å². The van der Waals surface area contributed by atoms with Crippen LogP contribution in [0.15, 0.2) is 24.3 Å². The minimum absolute atomic E-state index is 0.0393. The molecule has 9 heteroatoms. The fourth-order valence-corrected chi connectivity index (χ4v) is 3.30. The van der Waals surface area contributed by atoms with E-state index in [2.05, 4.69) is 23.3 Å². The summed E-state index contributed by atoms with van der Waals surface area (Å²) in [6, 6.07) is 7.14. The third-order valence-electron chi connectivity index (χ3n) is 4.46. The van der Waals surface area contributed by atoms with Gasteiger partial charge in [-0.3, -0.25) is 9.59 Å². The van der Waals surface area contributed by atoms with E-state index >= 15 is 0 Å². The molecule has 3 amide bonds. The molecule has 1 aromatic rings. The average molecular weight is 477 g/mol. The molecule has 33 heavy (non-hydrogen) atoms. The Morgan fingerprint density at radius 2 is 1.70 bits per heavy atom. The number of rotatable bonds is 8. The molecule has 182 valence electrons. The molecular weight excluding hydrogens is 440 g/mol. The van der Waals surface area contributed by atoms with Crippen molar-refractivity contribution < 1.29 is 19.1 Å². The number of nitrogens with one attached hydrogen (secondary N) is 2. The molecule has 1 rings (SSSR count). The van der Waals surface area contributed by atoms with Gasteiger partial charge in [0.15, 0.2) is 0 Å². The van der Waals surface area contributed by atoms with Gasteiger partial charge in [-0.25, -0.2) is 4.79 Å². The molecule has 2 atom stereocenters. The molecule has 0 fully saturated rings. The molecule has 0 saturated heterocycles. The summed E-state index contributed by atoms with van der Waals surface area (Å²) in [4.78, 5) is 40.2. The first kappa shape index (κ1) is 28.3. The first-order chi connectivity index (χ1) is 15.2. The van der Waals surface area contributed by atoms with Crippen molar-refractivity contribution >= 4 is 30.5 Å². The molecule has 2 N–H and O–H groups in total. The van der Waals surface area contributed by atoms with E-state index in [0.29, 0.717) is 5.56 Å². The molecule has 2 unspecified atom stereocenters. The monoisotopic (exact) mass is 476 g/mol. The lowest BCUT2D eigenvalue weighted by atomic mass is 9.99. The summed E-state index contributed by atoms with van der Waals surface area (Å²) >= 11 is 4.20. The Bertz CT molecular complexity index is 866. The highest BCUT2D eigenvalue weighted by molar-refractivity contribution is 7.80. The lowest BCUT2D eigenvalue weighted by Gasteiger charge is -2.34. The van der Waals surface area contributed by atoms with Gasteiger partial charge in [0, 0.05) is 11.3 Å². The van der Waals surface area contributed by atoms with Gasteiger partial charge in [0.25, 0.3) is 0 Å². The van der Waals surface area contributed by atoms with Crippen LogP contribution >= 0.6 is 12.6 Å². The molecule has 0 heterocycles. The highest BCUT2D eigenvalue weighted by Crippen LogP contribution is 2.24. The average Bonchev–Trinajstić information content (AvgIpc) is 2.69. The minimum Gasteiger partial charge on any atom is -0.444 e. The number of nitrogens with zero attached hydrogens (tertiary/aromatic N) is 2. The standard InChI is InChI=1S/C24H36N4O4S/c1-8-16-9-11-17(12-10-16)19(20(29)27-23(2,3)4)28(14-13-25)21(30)18(15-33)26-22(31)32-24(5,6)7/h9-12,18-19,33H,8,14-15H2,1-7H3,(H,26,31)(H,27,29). The summed E-state index contributed by atoms with van der Waals surface area (Å²) in [5.74, 6) is -1.07. The van der Waals surface area contributed by atoms with E-state index in [-0.39, 0.29) is 12.3 Å². The number of benzene rings is 1. The van der Waals surface area contributed by atoms with Gasteiger partial charge in [-0.2, -0.15) is 17.9 Å². The second-order valence-electron chi connectivity index (χ2n) is 9.74. The predicted octanol–water partition coefficient (Wildman–Crippen LogP) is 3.38. The number of hydrogen-bond donors (Lipinski definition) is 3. The SMILES string of the molecule is CCc1ccc(C(C(=O)NC(C)(C)C)N(CC#N)C(=O)C(CS)NC(=O)OC(C)(C)C)cc1. The van der Waals surface area contributed by atoms with Crippen LogP contribution in [0.4, 0.5) is 4.79 Å². The van der Waals surface area contributed by atoms with Gasteiger partial charge in [0.1, 0.15) is 24.2 Å². The molecule has 0 aliphatic heterocycles. The molecular formula is C24H36N4O4S. The van der Waals surface area contributed by atoms with E-state index in [1.807, 2.05) is 45.9 Å². The van der Waals surface area contributed by atoms with Gasteiger partial charge in [-0.05, 0) is 59.1 Å².